The highest BCUT2D eigenvalue weighted by atomic mass is 16.5. The van der Waals surface area contributed by atoms with E-state index >= 15 is 0 Å². The molecule has 0 saturated carbocycles. The van der Waals surface area contributed by atoms with Gasteiger partial charge in [0.25, 0.3) is 5.84 Å². The van der Waals surface area contributed by atoms with Crippen LogP contribution in [-0.2, 0) is 6.54 Å². The van der Waals surface area contributed by atoms with Crippen molar-refractivity contribution in [3.05, 3.63) is 54.3 Å². The van der Waals surface area contributed by atoms with Crippen LogP contribution in [0.1, 0.15) is 31.2 Å². The fourth-order valence-electron chi connectivity index (χ4n) is 3.95. The third kappa shape index (κ3) is 3.96. The van der Waals surface area contributed by atoms with Crippen molar-refractivity contribution in [2.24, 2.45) is 15.9 Å². The van der Waals surface area contributed by atoms with Crippen LogP contribution in [0.5, 0.6) is 5.75 Å². The van der Waals surface area contributed by atoms with Crippen LogP contribution < -0.4 is 10.5 Å². The second-order valence-electron chi connectivity index (χ2n) is 7.40. The molecule has 1 saturated heterocycles. The van der Waals surface area contributed by atoms with Gasteiger partial charge in [-0.05, 0) is 55.8 Å². The number of amidine groups is 1. The lowest BCUT2D eigenvalue weighted by atomic mass is 10.1. The number of hydrogen-bond acceptors (Lipinski definition) is 5. The summed E-state index contributed by atoms with van der Waals surface area (Å²) in [4.78, 5) is 2.53. The zero-order chi connectivity index (χ0) is 18.5. The molecule has 1 aromatic rings. The van der Waals surface area contributed by atoms with Gasteiger partial charge in [-0.1, -0.05) is 28.8 Å². The summed E-state index contributed by atoms with van der Waals surface area (Å²) in [6.45, 7) is 4.87. The standard InChI is InChI=1S/C21H28N5O/c22-21-24-23-20-10-2-5-13-26(20,21)14-7-15-27-19-9-6-8-18(16-19)17-25-11-3-1-4-12-25/h2,5-6,8-10,13,16H,1,3-4,7,11-12,14-15,17H2,(H2,22,24)/q+1. The molecule has 6 nitrogen and oxygen atoms in total. The van der Waals surface area contributed by atoms with Crippen molar-refractivity contribution in [2.45, 2.75) is 32.2 Å². The number of piperidine rings is 1. The molecule has 0 amide bonds. The minimum Gasteiger partial charge on any atom is -0.493 e. The Balaban J connectivity index is 1.29. The summed E-state index contributed by atoms with van der Waals surface area (Å²) in [7, 11) is 0. The van der Waals surface area contributed by atoms with E-state index in [9.17, 15) is 0 Å². The van der Waals surface area contributed by atoms with E-state index < -0.39 is 0 Å². The molecule has 27 heavy (non-hydrogen) atoms. The third-order valence-corrected chi connectivity index (χ3v) is 5.45. The van der Waals surface area contributed by atoms with Crippen molar-refractivity contribution in [3.63, 3.8) is 0 Å². The molecule has 4 rings (SSSR count). The van der Waals surface area contributed by atoms with Gasteiger partial charge in [0.05, 0.1) is 13.2 Å². The van der Waals surface area contributed by atoms with Crippen LogP contribution in [0.25, 0.3) is 0 Å². The Hall–Kier alpha value is -2.44. The van der Waals surface area contributed by atoms with Crippen molar-refractivity contribution in [2.75, 3.05) is 26.2 Å². The first kappa shape index (κ1) is 17.9. The van der Waals surface area contributed by atoms with Crippen molar-refractivity contribution >= 4 is 11.8 Å². The molecule has 0 aliphatic carbocycles. The Labute approximate surface area is 160 Å². The number of guanidine groups is 1. The summed E-state index contributed by atoms with van der Waals surface area (Å²) in [5.74, 6) is 2.34. The van der Waals surface area contributed by atoms with Gasteiger partial charge in [-0.25, -0.2) is 0 Å². The highest BCUT2D eigenvalue weighted by Gasteiger charge is 2.41. The molecule has 1 unspecified atom stereocenters. The summed E-state index contributed by atoms with van der Waals surface area (Å²) in [5.41, 5.74) is 7.43. The number of fused-ring (bicyclic) bond motifs is 1. The number of quaternary nitrogens is 1. The number of nitrogens with two attached hydrogens (primary N) is 1. The van der Waals surface area contributed by atoms with E-state index in [-0.39, 0.29) is 0 Å². The number of ether oxygens (including phenoxy) is 1. The molecule has 1 fully saturated rings. The summed E-state index contributed by atoms with van der Waals surface area (Å²) < 4.78 is 6.43. The van der Waals surface area contributed by atoms with Crippen molar-refractivity contribution in [1.29, 1.82) is 0 Å². The normalized spacial score (nSPS) is 24.4. The van der Waals surface area contributed by atoms with Gasteiger partial charge < -0.3 is 10.5 Å². The Morgan fingerprint density at radius 1 is 1.11 bits per heavy atom. The Kier molecular flexibility index (Phi) is 5.36. The van der Waals surface area contributed by atoms with E-state index in [1.54, 1.807) is 0 Å². The molecular formula is C21H28N5O+. The number of nitrogens with zero attached hydrogens (tertiary/aromatic N) is 4. The zero-order valence-corrected chi connectivity index (χ0v) is 15.8. The summed E-state index contributed by atoms with van der Waals surface area (Å²) in [6, 6.07) is 8.48. The van der Waals surface area contributed by atoms with Crippen molar-refractivity contribution in [1.82, 2.24) is 4.90 Å². The van der Waals surface area contributed by atoms with Gasteiger partial charge >= 0.3 is 5.96 Å². The predicted octanol–water partition coefficient (Wildman–Crippen LogP) is 2.98. The summed E-state index contributed by atoms with van der Waals surface area (Å²) in [6.07, 6.45) is 12.8. The Morgan fingerprint density at radius 3 is 2.89 bits per heavy atom. The molecule has 0 radical (unpaired) electrons. The van der Waals surface area contributed by atoms with Gasteiger partial charge in [0.15, 0.2) is 0 Å². The minimum atomic E-state index is 0.412. The molecule has 3 aliphatic rings. The number of hydrogen-bond donors (Lipinski definition) is 1. The maximum atomic E-state index is 6.10. The molecule has 0 aromatic heterocycles. The molecule has 2 N–H and O–H groups in total. The van der Waals surface area contributed by atoms with E-state index in [4.69, 9.17) is 10.5 Å². The van der Waals surface area contributed by atoms with E-state index in [2.05, 4.69) is 33.3 Å². The smallest absolute Gasteiger partial charge is 0.330 e. The molecule has 3 heterocycles. The third-order valence-electron chi connectivity index (χ3n) is 5.45. The quantitative estimate of drug-likeness (QED) is 0.596. The first-order chi connectivity index (χ1) is 13.3. The SMILES string of the molecule is NC1=NN=C2C=CC=C[N+]12CCCOc1cccc(CN2CCCCC2)c1. The van der Waals surface area contributed by atoms with Crippen LogP contribution >= 0.6 is 0 Å². The van der Waals surface area contributed by atoms with Crippen LogP contribution in [0.3, 0.4) is 0 Å². The first-order valence-corrected chi connectivity index (χ1v) is 9.86. The molecule has 0 spiro atoms. The molecule has 1 atom stereocenters. The van der Waals surface area contributed by atoms with Crippen LogP contribution in [-0.4, -0.2) is 47.4 Å². The monoisotopic (exact) mass is 366 g/mol. The number of likely N-dealkylation sites (tertiary alicyclic amines) is 1. The summed E-state index contributed by atoms with van der Waals surface area (Å²) >= 11 is 0. The molecule has 142 valence electrons. The van der Waals surface area contributed by atoms with Crippen LogP contribution in [0.4, 0.5) is 0 Å². The second kappa shape index (κ2) is 8.06. The van der Waals surface area contributed by atoms with Gasteiger partial charge in [-0.15, -0.1) is 0 Å². The molecule has 6 heteroatoms. The van der Waals surface area contributed by atoms with E-state index in [0.29, 0.717) is 17.0 Å². The number of benzene rings is 1. The highest BCUT2D eigenvalue weighted by molar-refractivity contribution is 5.99. The average molecular weight is 366 g/mol. The molecule has 3 aliphatic heterocycles. The van der Waals surface area contributed by atoms with Crippen molar-refractivity contribution in [3.8, 4) is 5.75 Å². The first-order valence-electron chi connectivity index (χ1n) is 9.86. The van der Waals surface area contributed by atoms with Crippen LogP contribution in [0.2, 0.25) is 0 Å². The topological polar surface area (TPSA) is 63.2 Å². The van der Waals surface area contributed by atoms with Gasteiger partial charge in [0, 0.05) is 19.0 Å². The lowest BCUT2D eigenvalue weighted by Crippen LogP contribution is -2.54. The minimum absolute atomic E-state index is 0.412. The molecular weight excluding hydrogens is 338 g/mol. The zero-order valence-electron chi connectivity index (χ0n) is 15.8. The lowest BCUT2D eigenvalue weighted by molar-refractivity contribution is -0.687. The van der Waals surface area contributed by atoms with E-state index in [1.165, 1.54) is 37.9 Å². The van der Waals surface area contributed by atoms with Crippen LogP contribution in [0, 0.1) is 0 Å². The number of rotatable bonds is 7. The number of allylic oxidation sites excluding steroid dienone is 2. The fourth-order valence-corrected chi connectivity index (χ4v) is 3.95. The Morgan fingerprint density at radius 2 is 2.00 bits per heavy atom. The van der Waals surface area contributed by atoms with Crippen LogP contribution in [0.15, 0.2) is 58.9 Å². The summed E-state index contributed by atoms with van der Waals surface area (Å²) in [5, 5.41) is 8.25. The van der Waals surface area contributed by atoms with Crippen molar-refractivity contribution < 1.29 is 9.22 Å². The van der Waals surface area contributed by atoms with Gasteiger partial charge in [-0.3, -0.25) is 4.90 Å². The van der Waals surface area contributed by atoms with Gasteiger partial charge in [0.1, 0.15) is 11.9 Å². The highest BCUT2D eigenvalue weighted by Crippen LogP contribution is 2.22. The lowest BCUT2D eigenvalue weighted by Gasteiger charge is -2.29. The fraction of sp³-hybridized carbons (Fsp3) is 0.429. The Bertz CT molecular complexity index is 792. The largest absolute Gasteiger partial charge is 0.493 e. The second-order valence-corrected chi connectivity index (χ2v) is 7.40. The van der Waals surface area contributed by atoms with Gasteiger partial charge in [0.2, 0.25) is 0 Å². The van der Waals surface area contributed by atoms with Gasteiger partial charge in [-0.2, -0.15) is 4.48 Å². The maximum absolute atomic E-state index is 6.10. The molecule has 0 bridgehead atoms. The molecule has 1 aromatic carbocycles. The predicted molar refractivity (Wildman–Crippen MR) is 108 cm³/mol. The van der Waals surface area contributed by atoms with E-state index in [0.717, 1.165) is 31.1 Å². The average Bonchev–Trinajstić information content (AvgIpc) is 3.03. The maximum Gasteiger partial charge on any atom is 0.330 e. The van der Waals surface area contributed by atoms with E-state index in [1.807, 2.05) is 30.5 Å².